The first kappa shape index (κ1) is 15.4. The van der Waals surface area contributed by atoms with Gasteiger partial charge < -0.3 is 11.1 Å². The molecular weight excluding hydrogens is 264 g/mol. The summed E-state index contributed by atoms with van der Waals surface area (Å²) in [5.41, 5.74) is 2.58. The molecule has 1 amide bonds. The summed E-state index contributed by atoms with van der Waals surface area (Å²) in [5.74, 6) is -1.75. The Labute approximate surface area is 107 Å². The average molecular weight is 278 g/mol. The van der Waals surface area contributed by atoms with E-state index in [1.807, 2.05) is 0 Å². The minimum Gasteiger partial charge on any atom is -0.354 e. The number of benzene rings is 1. The van der Waals surface area contributed by atoms with Crippen molar-refractivity contribution in [3.05, 3.63) is 35.6 Å². The maximum atomic E-state index is 12.8. The van der Waals surface area contributed by atoms with E-state index in [9.17, 15) is 22.4 Å². The van der Waals surface area contributed by atoms with E-state index in [0.717, 1.165) is 0 Å². The molecule has 0 fully saturated rings. The molecule has 3 nitrogen and oxygen atoms in total. The molecule has 0 aromatic heterocycles. The molecule has 1 aromatic carbocycles. The zero-order chi connectivity index (χ0) is 14.7. The van der Waals surface area contributed by atoms with Gasteiger partial charge in [0, 0.05) is 6.54 Å². The second kappa shape index (κ2) is 5.56. The van der Waals surface area contributed by atoms with Crippen LogP contribution in [-0.2, 0) is 11.2 Å². The normalized spacial score (nSPS) is 14.8. The van der Waals surface area contributed by atoms with E-state index in [-0.39, 0.29) is 13.0 Å². The van der Waals surface area contributed by atoms with Crippen molar-refractivity contribution in [2.45, 2.75) is 25.1 Å². The van der Waals surface area contributed by atoms with E-state index in [0.29, 0.717) is 12.5 Å². The second-order valence-corrected chi connectivity index (χ2v) is 4.34. The van der Waals surface area contributed by atoms with Crippen LogP contribution >= 0.6 is 0 Å². The van der Waals surface area contributed by atoms with Gasteiger partial charge in [-0.2, -0.15) is 13.2 Å². The molecule has 0 aliphatic heterocycles. The number of nitrogens with two attached hydrogens (primary N) is 1. The number of carbonyl (C=O) groups is 1. The lowest BCUT2D eigenvalue weighted by Crippen LogP contribution is -2.61. The van der Waals surface area contributed by atoms with Gasteiger partial charge in [-0.3, -0.25) is 4.79 Å². The standard InChI is InChI=1S/C12H14F4N2O/c1-11(17,12(14,15)16)10(19)18-6-5-8-3-2-4-9(13)7-8/h2-4,7H,5-6,17H2,1H3,(H,18,19). The van der Waals surface area contributed by atoms with Crippen molar-refractivity contribution < 1.29 is 22.4 Å². The summed E-state index contributed by atoms with van der Waals surface area (Å²) in [6.07, 6.45) is -4.60. The highest BCUT2D eigenvalue weighted by molar-refractivity contribution is 5.86. The summed E-state index contributed by atoms with van der Waals surface area (Å²) in [4.78, 5) is 11.3. The molecule has 19 heavy (non-hydrogen) atoms. The number of amides is 1. The quantitative estimate of drug-likeness (QED) is 0.825. The van der Waals surface area contributed by atoms with E-state index in [1.165, 1.54) is 18.2 Å². The third-order valence-corrected chi connectivity index (χ3v) is 2.65. The molecule has 3 N–H and O–H groups in total. The van der Waals surface area contributed by atoms with Gasteiger partial charge in [-0.15, -0.1) is 0 Å². The fraction of sp³-hybridized carbons (Fsp3) is 0.417. The number of carbonyl (C=O) groups excluding carboxylic acids is 1. The van der Waals surface area contributed by atoms with Crippen LogP contribution in [0.4, 0.5) is 17.6 Å². The SMILES string of the molecule is CC(N)(C(=O)NCCc1cccc(F)c1)C(F)(F)F. The van der Waals surface area contributed by atoms with Gasteiger partial charge in [-0.25, -0.2) is 4.39 Å². The molecule has 1 unspecified atom stereocenters. The molecule has 0 radical (unpaired) electrons. The Morgan fingerprint density at radius 2 is 2.00 bits per heavy atom. The Morgan fingerprint density at radius 3 is 2.53 bits per heavy atom. The van der Waals surface area contributed by atoms with Crippen molar-refractivity contribution in [1.29, 1.82) is 0 Å². The maximum absolute atomic E-state index is 12.8. The zero-order valence-corrected chi connectivity index (χ0v) is 10.2. The molecule has 0 aliphatic carbocycles. The number of rotatable bonds is 4. The van der Waals surface area contributed by atoms with Crippen molar-refractivity contribution in [3.8, 4) is 0 Å². The smallest absolute Gasteiger partial charge is 0.354 e. The van der Waals surface area contributed by atoms with Gasteiger partial charge in [0.2, 0.25) is 5.91 Å². The minimum atomic E-state index is -4.82. The van der Waals surface area contributed by atoms with Crippen molar-refractivity contribution in [2.24, 2.45) is 5.73 Å². The Bertz CT molecular complexity index is 457. The molecule has 106 valence electrons. The lowest BCUT2D eigenvalue weighted by Gasteiger charge is -2.26. The Balaban J connectivity index is 2.52. The highest BCUT2D eigenvalue weighted by Crippen LogP contribution is 2.27. The van der Waals surface area contributed by atoms with E-state index in [1.54, 1.807) is 6.07 Å². The summed E-state index contributed by atoms with van der Waals surface area (Å²) >= 11 is 0. The van der Waals surface area contributed by atoms with Crippen LogP contribution in [0, 0.1) is 5.82 Å². The first-order valence-corrected chi connectivity index (χ1v) is 5.53. The fourth-order valence-electron chi connectivity index (χ4n) is 1.33. The Morgan fingerprint density at radius 1 is 1.37 bits per heavy atom. The van der Waals surface area contributed by atoms with Gasteiger partial charge in [0.1, 0.15) is 5.82 Å². The van der Waals surface area contributed by atoms with Gasteiger partial charge in [-0.1, -0.05) is 12.1 Å². The number of hydrogen-bond acceptors (Lipinski definition) is 2. The lowest BCUT2D eigenvalue weighted by atomic mass is 10.0. The zero-order valence-electron chi connectivity index (χ0n) is 10.2. The van der Waals surface area contributed by atoms with Gasteiger partial charge in [0.25, 0.3) is 0 Å². The van der Waals surface area contributed by atoms with Gasteiger partial charge in [-0.05, 0) is 31.0 Å². The van der Waals surface area contributed by atoms with Crippen molar-refractivity contribution in [2.75, 3.05) is 6.54 Å². The summed E-state index contributed by atoms with van der Waals surface area (Å²) in [6, 6.07) is 5.59. The van der Waals surface area contributed by atoms with Crippen LogP contribution in [0.3, 0.4) is 0 Å². The molecular formula is C12H14F4N2O. The molecule has 0 bridgehead atoms. The summed E-state index contributed by atoms with van der Waals surface area (Å²) in [7, 11) is 0. The number of halogens is 4. The maximum Gasteiger partial charge on any atom is 0.415 e. The summed E-state index contributed by atoms with van der Waals surface area (Å²) in [5, 5.41) is 2.09. The fourth-order valence-corrected chi connectivity index (χ4v) is 1.33. The summed E-state index contributed by atoms with van der Waals surface area (Å²) < 4.78 is 50.2. The molecule has 1 atom stereocenters. The van der Waals surface area contributed by atoms with Crippen molar-refractivity contribution in [3.63, 3.8) is 0 Å². The van der Waals surface area contributed by atoms with E-state index in [4.69, 9.17) is 5.73 Å². The number of hydrogen-bond donors (Lipinski definition) is 2. The highest BCUT2D eigenvalue weighted by Gasteiger charge is 2.53. The van der Waals surface area contributed by atoms with Crippen LogP contribution in [-0.4, -0.2) is 24.2 Å². The largest absolute Gasteiger partial charge is 0.415 e. The number of nitrogens with one attached hydrogen (secondary N) is 1. The first-order chi connectivity index (χ1) is 8.64. The monoisotopic (exact) mass is 278 g/mol. The predicted octanol–water partition coefficient (Wildman–Crippen LogP) is 1.76. The third-order valence-electron chi connectivity index (χ3n) is 2.65. The molecule has 0 spiro atoms. The molecule has 0 saturated heterocycles. The van der Waals surface area contributed by atoms with Crippen molar-refractivity contribution in [1.82, 2.24) is 5.32 Å². The molecule has 0 saturated carbocycles. The molecule has 0 aliphatic rings. The van der Waals surface area contributed by atoms with Crippen molar-refractivity contribution >= 4 is 5.91 Å². The number of alkyl halides is 3. The van der Waals surface area contributed by atoms with E-state index in [2.05, 4.69) is 5.32 Å². The van der Waals surface area contributed by atoms with Crippen LogP contribution in [0.5, 0.6) is 0 Å². The third kappa shape index (κ3) is 3.92. The lowest BCUT2D eigenvalue weighted by molar-refractivity contribution is -0.187. The topological polar surface area (TPSA) is 55.1 Å². The average Bonchev–Trinajstić information content (AvgIpc) is 2.27. The van der Waals surface area contributed by atoms with Crippen LogP contribution in [0.25, 0.3) is 0 Å². The Kier molecular flexibility index (Phi) is 4.52. The molecule has 1 rings (SSSR count). The van der Waals surface area contributed by atoms with Gasteiger partial charge in [0.15, 0.2) is 5.54 Å². The molecule has 7 heteroatoms. The first-order valence-electron chi connectivity index (χ1n) is 5.53. The van der Waals surface area contributed by atoms with E-state index < -0.39 is 23.4 Å². The Hall–Kier alpha value is -1.63. The van der Waals surface area contributed by atoms with Crippen LogP contribution in [0.15, 0.2) is 24.3 Å². The molecule has 1 aromatic rings. The van der Waals surface area contributed by atoms with E-state index >= 15 is 0 Å². The molecule has 0 heterocycles. The van der Waals surface area contributed by atoms with Crippen LogP contribution in [0.2, 0.25) is 0 Å². The second-order valence-electron chi connectivity index (χ2n) is 4.34. The van der Waals surface area contributed by atoms with Crippen LogP contribution < -0.4 is 11.1 Å². The predicted molar refractivity (Wildman–Crippen MR) is 61.8 cm³/mol. The highest BCUT2D eigenvalue weighted by atomic mass is 19.4. The van der Waals surface area contributed by atoms with Gasteiger partial charge >= 0.3 is 6.18 Å². The van der Waals surface area contributed by atoms with Gasteiger partial charge in [0.05, 0.1) is 0 Å². The summed E-state index contributed by atoms with van der Waals surface area (Å²) in [6.45, 7) is 0.551. The van der Waals surface area contributed by atoms with Crippen LogP contribution in [0.1, 0.15) is 12.5 Å². The minimum absolute atomic E-state index is 0.0504.